The summed E-state index contributed by atoms with van der Waals surface area (Å²) in [5, 5.41) is 0.978. The van der Waals surface area contributed by atoms with Crippen molar-refractivity contribution in [3.63, 3.8) is 0 Å². The molecule has 1 aromatic carbocycles. The van der Waals surface area contributed by atoms with Crippen molar-refractivity contribution < 1.29 is 9.15 Å². The molecule has 4 heteroatoms. The standard InChI is InChI=1S/C19H27NO3/c1-5-6-7-10-20(14(2)3)13-15-11-19(21)23-18-12-16(22-4)8-9-17(15)18/h8-9,11-12,14H,5-7,10,13H2,1-4H3. The Labute approximate surface area is 138 Å². The van der Waals surface area contributed by atoms with Crippen LogP contribution in [0.3, 0.4) is 0 Å². The van der Waals surface area contributed by atoms with Crippen LogP contribution in [-0.2, 0) is 6.54 Å². The van der Waals surface area contributed by atoms with Gasteiger partial charge < -0.3 is 9.15 Å². The molecule has 0 fully saturated rings. The molecule has 23 heavy (non-hydrogen) atoms. The zero-order valence-corrected chi connectivity index (χ0v) is 14.6. The van der Waals surface area contributed by atoms with Crippen LogP contribution < -0.4 is 10.4 Å². The Bertz CT molecular complexity index is 691. The van der Waals surface area contributed by atoms with Crippen molar-refractivity contribution in [2.45, 2.75) is 52.6 Å². The highest BCUT2D eigenvalue weighted by molar-refractivity contribution is 5.81. The van der Waals surface area contributed by atoms with Crippen LogP contribution in [0.1, 0.15) is 45.6 Å². The maximum Gasteiger partial charge on any atom is 0.336 e. The number of benzene rings is 1. The highest BCUT2D eigenvalue weighted by atomic mass is 16.5. The molecule has 0 amide bonds. The Balaban J connectivity index is 2.31. The largest absolute Gasteiger partial charge is 0.497 e. The molecule has 2 rings (SSSR count). The maximum absolute atomic E-state index is 11.9. The van der Waals surface area contributed by atoms with E-state index in [1.807, 2.05) is 12.1 Å². The molecule has 4 nitrogen and oxygen atoms in total. The van der Waals surface area contributed by atoms with Crippen LogP contribution in [0, 0.1) is 0 Å². The van der Waals surface area contributed by atoms with E-state index in [4.69, 9.17) is 9.15 Å². The Hall–Kier alpha value is -1.81. The van der Waals surface area contributed by atoms with E-state index in [1.54, 1.807) is 19.2 Å². The number of hydrogen-bond acceptors (Lipinski definition) is 4. The van der Waals surface area contributed by atoms with Gasteiger partial charge >= 0.3 is 5.63 Å². The van der Waals surface area contributed by atoms with Crippen LogP contribution in [0.15, 0.2) is 33.5 Å². The highest BCUT2D eigenvalue weighted by Gasteiger charge is 2.14. The summed E-state index contributed by atoms with van der Waals surface area (Å²) in [5.74, 6) is 0.696. The SMILES string of the molecule is CCCCCN(Cc1cc(=O)oc2cc(OC)ccc12)C(C)C. The van der Waals surface area contributed by atoms with Gasteiger partial charge in [0.15, 0.2) is 0 Å². The summed E-state index contributed by atoms with van der Waals surface area (Å²) in [5.41, 5.74) is 1.30. The third-order valence-corrected chi connectivity index (χ3v) is 4.19. The van der Waals surface area contributed by atoms with E-state index in [1.165, 1.54) is 19.3 Å². The molecule has 1 heterocycles. The van der Waals surface area contributed by atoms with E-state index in [0.29, 0.717) is 17.4 Å². The van der Waals surface area contributed by atoms with E-state index in [0.717, 1.165) is 24.0 Å². The van der Waals surface area contributed by atoms with Crippen molar-refractivity contribution in [3.8, 4) is 5.75 Å². The molecule has 0 unspecified atom stereocenters. The van der Waals surface area contributed by atoms with Gasteiger partial charge in [0.2, 0.25) is 0 Å². The van der Waals surface area contributed by atoms with E-state index >= 15 is 0 Å². The minimum absolute atomic E-state index is 0.307. The second-order valence-electron chi connectivity index (χ2n) is 6.22. The second kappa shape index (κ2) is 8.16. The lowest BCUT2D eigenvalue weighted by molar-refractivity contribution is 0.209. The average molecular weight is 317 g/mol. The predicted molar refractivity (Wildman–Crippen MR) is 94.1 cm³/mol. The van der Waals surface area contributed by atoms with Crippen molar-refractivity contribution in [2.75, 3.05) is 13.7 Å². The molecule has 0 atom stereocenters. The molecule has 0 aliphatic carbocycles. The third-order valence-electron chi connectivity index (χ3n) is 4.19. The van der Waals surface area contributed by atoms with Gasteiger partial charge in [0.05, 0.1) is 7.11 Å². The number of rotatable bonds is 8. The van der Waals surface area contributed by atoms with Crippen LogP contribution in [0.25, 0.3) is 11.0 Å². The van der Waals surface area contributed by atoms with Crippen LogP contribution >= 0.6 is 0 Å². The van der Waals surface area contributed by atoms with Crippen molar-refractivity contribution in [1.82, 2.24) is 4.90 Å². The smallest absolute Gasteiger partial charge is 0.336 e. The molecule has 0 N–H and O–H groups in total. The van der Waals surface area contributed by atoms with Crippen LogP contribution in [0.5, 0.6) is 5.75 Å². The molecule has 0 saturated carbocycles. The van der Waals surface area contributed by atoms with Crippen LogP contribution in [-0.4, -0.2) is 24.6 Å². The normalized spacial score (nSPS) is 11.6. The van der Waals surface area contributed by atoms with Crippen molar-refractivity contribution in [3.05, 3.63) is 40.2 Å². The molecule has 1 aromatic heterocycles. The van der Waals surface area contributed by atoms with Crippen molar-refractivity contribution in [2.24, 2.45) is 0 Å². The predicted octanol–water partition coefficient (Wildman–Crippen LogP) is 4.20. The van der Waals surface area contributed by atoms with Gasteiger partial charge in [-0.15, -0.1) is 0 Å². The number of hydrogen-bond donors (Lipinski definition) is 0. The molecule has 0 radical (unpaired) electrons. The molecule has 0 saturated heterocycles. The quantitative estimate of drug-likeness (QED) is 0.540. The van der Waals surface area contributed by atoms with Gasteiger partial charge in [-0.2, -0.15) is 0 Å². The first-order valence-electron chi connectivity index (χ1n) is 8.40. The lowest BCUT2D eigenvalue weighted by Crippen LogP contribution is -2.31. The van der Waals surface area contributed by atoms with Gasteiger partial charge in [0, 0.05) is 30.1 Å². The van der Waals surface area contributed by atoms with Gasteiger partial charge in [-0.3, -0.25) is 4.90 Å². The fourth-order valence-corrected chi connectivity index (χ4v) is 2.77. The Kier molecular flexibility index (Phi) is 6.22. The van der Waals surface area contributed by atoms with Gasteiger partial charge in [0.1, 0.15) is 11.3 Å². The Morgan fingerprint density at radius 3 is 2.65 bits per heavy atom. The summed E-state index contributed by atoms with van der Waals surface area (Å²) in [6.07, 6.45) is 3.63. The highest BCUT2D eigenvalue weighted by Crippen LogP contribution is 2.24. The fourth-order valence-electron chi connectivity index (χ4n) is 2.77. The number of nitrogens with zero attached hydrogens (tertiary/aromatic N) is 1. The topological polar surface area (TPSA) is 42.7 Å². The molecular weight excluding hydrogens is 290 g/mol. The molecule has 0 spiro atoms. The van der Waals surface area contributed by atoms with Crippen LogP contribution in [0.4, 0.5) is 0 Å². The maximum atomic E-state index is 11.9. The van der Waals surface area contributed by atoms with Gasteiger partial charge in [-0.25, -0.2) is 4.79 Å². The van der Waals surface area contributed by atoms with Crippen LogP contribution in [0.2, 0.25) is 0 Å². The first-order chi connectivity index (χ1) is 11.0. The van der Waals surface area contributed by atoms with Gasteiger partial charge in [-0.1, -0.05) is 19.8 Å². The minimum Gasteiger partial charge on any atom is -0.497 e. The number of ether oxygens (including phenoxy) is 1. The fraction of sp³-hybridized carbons (Fsp3) is 0.526. The van der Waals surface area contributed by atoms with Gasteiger partial charge in [-0.05, 0) is 44.5 Å². The van der Waals surface area contributed by atoms with E-state index in [2.05, 4.69) is 25.7 Å². The molecule has 126 valence electrons. The first kappa shape index (κ1) is 17.5. The molecule has 2 aromatic rings. The van der Waals surface area contributed by atoms with E-state index in [-0.39, 0.29) is 5.63 Å². The number of unbranched alkanes of at least 4 members (excludes halogenated alkanes) is 2. The molecular formula is C19H27NO3. The average Bonchev–Trinajstić information content (AvgIpc) is 2.52. The van der Waals surface area contributed by atoms with E-state index < -0.39 is 0 Å². The molecule has 0 bridgehead atoms. The summed E-state index contributed by atoms with van der Waals surface area (Å²) in [6, 6.07) is 7.70. The molecule has 0 aliphatic rings. The summed E-state index contributed by atoms with van der Waals surface area (Å²) in [6.45, 7) is 8.41. The number of methoxy groups -OCH3 is 1. The number of fused-ring (bicyclic) bond motifs is 1. The van der Waals surface area contributed by atoms with Crippen molar-refractivity contribution in [1.29, 1.82) is 0 Å². The van der Waals surface area contributed by atoms with Crippen molar-refractivity contribution >= 4 is 11.0 Å². The Morgan fingerprint density at radius 2 is 2.00 bits per heavy atom. The zero-order valence-electron chi connectivity index (χ0n) is 14.6. The summed E-state index contributed by atoms with van der Waals surface area (Å²) < 4.78 is 10.5. The Morgan fingerprint density at radius 1 is 1.22 bits per heavy atom. The minimum atomic E-state index is -0.307. The third kappa shape index (κ3) is 4.58. The lowest BCUT2D eigenvalue weighted by atomic mass is 10.1. The summed E-state index contributed by atoms with van der Waals surface area (Å²) in [4.78, 5) is 14.3. The lowest BCUT2D eigenvalue weighted by Gasteiger charge is -2.26. The second-order valence-corrected chi connectivity index (χ2v) is 6.22. The first-order valence-corrected chi connectivity index (χ1v) is 8.40. The summed E-state index contributed by atoms with van der Waals surface area (Å²) in [7, 11) is 1.61. The monoisotopic (exact) mass is 317 g/mol. The van der Waals surface area contributed by atoms with E-state index in [9.17, 15) is 4.79 Å². The zero-order chi connectivity index (χ0) is 16.8. The molecule has 0 aliphatic heterocycles. The summed E-state index contributed by atoms with van der Waals surface area (Å²) >= 11 is 0. The van der Waals surface area contributed by atoms with Gasteiger partial charge in [0.25, 0.3) is 0 Å².